The van der Waals surface area contributed by atoms with Gasteiger partial charge in [0, 0.05) is 31.9 Å². The predicted octanol–water partition coefficient (Wildman–Crippen LogP) is 1.63. The van der Waals surface area contributed by atoms with E-state index in [0.717, 1.165) is 12.1 Å². The number of aromatic nitrogens is 2. The van der Waals surface area contributed by atoms with Crippen LogP contribution in [0.15, 0.2) is 35.2 Å². The topological polar surface area (TPSA) is 110 Å². The van der Waals surface area contributed by atoms with Crippen LogP contribution >= 0.6 is 0 Å². The summed E-state index contributed by atoms with van der Waals surface area (Å²) in [6, 6.07) is 9.58. The molecule has 0 saturated carbocycles. The summed E-state index contributed by atoms with van der Waals surface area (Å²) in [7, 11) is -3.65. The van der Waals surface area contributed by atoms with Crippen LogP contribution in [0.5, 0.6) is 0 Å². The van der Waals surface area contributed by atoms with Crippen molar-refractivity contribution < 1.29 is 13.2 Å². The minimum absolute atomic E-state index is 0.150. The van der Waals surface area contributed by atoms with Gasteiger partial charge in [-0.05, 0) is 42.7 Å². The van der Waals surface area contributed by atoms with Crippen molar-refractivity contribution in [2.45, 2.75) is 25.2 Å². The fraction of sp³-hybridized carbons (Fsp3) is 0.421. The van der Waals surface area contributed by atoms with Crippen LogP contribution in [-0.2, 0) is 16.4 Å². The molecule has 0 spiro atoms. The fourth-order valence-electron chi connectivity index (χ4n) is 3.16. The molecule has 8 nitrogen and oxygen atoms in total. The third-order valence-corrected chi connectivity index (χ3v) is 6.54. The number of rotatable bonds is 5. The van der Waals surface area contributed by atoms with Crippen molar-refractivity contribution in [3.05, 3.63) is 47.3 Å². The largest absolute Gasteiger partial charge is 0.335 e. The second-order valence-corrected chi connectivity index (χ2v) is 9.15. The highest BCUT2D eigenvalue weighted by Gasteiger charge is 2.31. The smallest absolute Gasteiger partial charge is 0.274 e. The van der Waals surface area contributed by atoms with Crippen molar-refractivity contribution in [3.8, 4) is 6.07 Å². The van der Waals surface area contributed by atoms with Crippen LogP contribution in [0.2, 0.25) is 0 Å². The lowest BCUT2D eigenvalue weighted by molar-refractivity contribution is 0.0692. The van der Waals surface area contributed by atoms with Crippen molar-refractivity contribution in [3.63, 3.8) is 0 Å². The number of carbonyl (C=O) groups excluding carboxylic acids is 1. The van der Waals surface area contributed by atoms with Gasteiger partial charge in [-0.2, -0.15) is 14.7 Å². The van der Waals surface area contributed by atoms with Gasteiger partial charge in [0.15, 0.2) is 0 Å². The van der Waals surface area contributed by atoms with E-state index in [4.69, 9.17) is 5.26 Å². The summed E-state index contributed by atoms with van der Waals surface area (Å²) in [5.74, 6) is 0.265. The Morgan fingerprint density at radius 1 is 1.21 bits per heavy atom. The van der Waals surface area contributed by atoms with Crippen LogP contribution in [0.3, 0.4) is 0 Å². The number of H-pyrrole nitrogens is 1. The number of hydrogen-bond donors (Lipinski definition) is 1. The zero-order chi connectivity index (χ0) is 20.3. The summed E-state index contributed by atoms with van der Waals surface area (Å²) in [4.78, 5) is 14.4. The van der Waals surface area contributed by atoms with E-state index in [1.54, 1.807) is 11.0 Å². The maximum Gasteiger partial charge on any atom is 0.274 e. The lowest BCUT2D eigenvalue weighted by Crippen LogP contribution is -2.50. The quantitative estimate of drug-likeness (QED) is 0.819. The molecule has 0 radical (unpaired) electrons. The fourth-order valence-corrected chi connectivity index (χ4v) is 4.58. The van der Waals surface area contributed by atoms with Gasteiger partial charge in [0.25, 0.3) is 5.91 Å². The van der Waals surface area contributed by atoms with E-state index >= 15 is 0 Å². The lowest BCUT2D eigenvalue weighted by atomic mass is 10.1. The zero-order valence-corrected chi connectivity index (χ0v) is 16.7. The van der Waals surface area contributed by atoms with Crippen LogP contribution in [0.25, 0.3) is 0 Å². The highest BCUT2D eigenvalue weighted by molar-refractivity contribution is 7.89. The Hall–Kier alpha value is -2.70. The molecule has 1 aliphatic heterocycles. The lowest BCUT2D eigenvalue weighted by Gasteiger charge is -2.33. The molecule has 0 atom stereocenters. The SMILES string of the molecule is CC(C)Cc1cc(C(=O)N2CCN(S(=O)(=O)c3ccc(C#N)cc3)CC2)n[nH]1. The molecular formula is C19H23N5O3S. The van der Waals surface area contributed by atoms with E-state index in [1.165, 1.54) is 28.6 Å². The average Bonchev–Trinajstić information content (AvgIpc) is 3.15. The highest BCUT2D eigenvalue weighted by atomic mass is 32.2. The third-order valence-electron chi connectivity index (χ3n) is 4.63. The molecule has 1 aliphatic rings. The van der Waals surface area contributed by atoms with Crippen molar-refractivity contribution >= 4 is 15.9 Å². The summed E-state index contributed by atoms with van der Waals surface area (Å²) in [5, 5.41) is 15.8. The number of sulfonamides is 1. The molecule has 0 unspecified atom stereocenters. The molecule has 1 aromatic heterocycles. The first kappa shape index (κ1) is 20.0. The average molecular weight is 401 g/mol. The van der Waals surface area contributed by atoms with Gasteiger partial charge < -0.3 is 4.90 Å². The molecule has 9 heteroatoms. The first-order valence-corrected chi connectivity index (χ1v) is 10.6. The minimum atomic E-state index is -3.65. The van der Waals surface area contributed by atoms with E-state index in [9.17, 15) is 13.2 Å². The molecule has 3 rings (SSSR count). The number of piperazine rings is 1. The number of benzene rings is 1. The van der Waals surface area contributed by atoms with Gasteiger partial charge in [0.2, 0.25) is 10.0 Å². The molecule has 1 aromatic carbocycles. The number of aromatic amines is 1. The number of nitriles is 1. The van der Waals surface area contributed by atoms with Gasteiger partial charge in [0.1, 0.15) is 5.69 Å². The van der Waals surface area contributed by atoms with Crippen molar-refractivity contribution in [1.82, 2.24) is 19.4 Å². The van der Waals surface area contributed by atoms with Gasteiger partial charge in [0.05, 0.1) is 16.5 Å². The first-order chi connectivity index (χ1) is 13.3. The number of nitrogens with zero attached hydrogens (tertiary/aromatic N) is 4. The predicted molar refractivity (Wildman–Crippen MR) is 103 cm³/mol. The van der Waals surface area contributed by atoms with Gasteiger partial charge in [-0.1, -0.05) is 13.8 Å². The van der Waals surface area contributed by atoms with Crippen molar-refractivity contribution in [2.75, 3.05) is 26.2 Å². The molecule has 1 amide bonds. The van der Waals surface area contributed by atoms with Gasteiger partial charge in [-0.25, -0.2) is 8.42 Å². The second kappa shape index (κ2) is 8.12. The van der Waals surface area contributed by atoms with E-state index in [1.807, 2.05) is 6.07 Å². The second-order valence-electron chi connectivity index (χ2n) is 7.21. The molecule has 1 saturated heterocycles. The van der Waals surface area contributed by atoms with Crippen LogP contribution in [0.1, 0.15) is 35.6 Å². The molecule has 28 heavy (non-hydrogen) atoms. The van der Waals surface area contributed by atoms with E-state index in [-0.39, 0.29) is 23.9 Å². The number of hydrogen-bond acceptors (Lipinski definition) is 5. The minimum Gasteiger partial charge on any atom is -0.335 e. The van der Waals surface area contributed by atoms with Gasteiger partial charge >= 0.3 is 0 Å². The molecule has 0 bridgehead atoms. The summed E-state index contributed by atoms with van der Waals surface area (Å²) in [6.07, 6.45) is 0.816. The standard InChI is InChI=1S/C19H23N5O3S/c1-14(2)11-16-12-18(22-21-16)19(25)23-7-9-24(10-8-23)28(26,27)17-5-3-15(13-20)4-6-17/h3-6,12,14H,7-11H2,1-2H3,(H,21,22). The summed E-state index contributed by atoms with van der Waals surface area (Å²) in [5.41, 5.74) is 1.68. The molecule has 2 aromatic rings. The summed E-state index contributed by atoms with van der Waals surface area (Å²) in [6.45, 7) is 5.24. The molecular weight excluding hydrogens is 378 g/mol. The number of carbonyl (C=O) groups is 1. The monoisotopic (exact) mass is 401 g/mol. The Kier molecular flexibility index (Phi) is 5.82. The molecule has 2 heterocycles. The van der Waals surface area contributed by atoms with E-state index in [0.29, 0.717) is 30.3 Å². The van der Waals surface area contributed by atoms with Crippen LogP contribution in [0.4, 0.5) is 0 Å². The van der Waals surface area contributed by atoms with Crippen LogP contribution in [0, 0.1) is 17.2 Å². The Bertz CT molecular complexity index is 981. The Labute approximate surface area is 164 Å². The van der Waals surface area contributed by atoms with Crippen LogP contribution in [-0.4, -0.2) is 59.9 Å². The number of amides is 1. The first-order valence-electron chi connectivity index (χ1n) is 9.15. The Balaban J connectivity index is 1.64. The molecule has 148 valence electrons. The maximum absolute atomic E-state index is 12.8. The van der Waals surface area contributed by atoms with E-state index < -0.39 is 10.0 Å². The van der Waals surface area contributed by atoms with Crippen LogP contribution < -0.4 is 0 Å². The molecule has 0 aliphatic carbocycles. The summed E-state index contributed by atoms with van der Waals surface area (Å²) < 4.78 is 26.9. The maximum atomic E-state index is 12.8. The van der Waals surface area contributed by atoms with E-state index in [2.05, 4.69) is 24.0 Å². The van der Waals surface area contributed by atoms with Gasteiger partial charge in [-0.15, -0.1) is 0 Å². The third kappa shape index (κ3) is 4.24. The normalized spacial score (nSPS) is 15.6. The molecule has 1 fully saturated rings. The Morgan fingerprint density at radius 2 is 1.86 bits per heavy atom. The highest BCUT2D eigenvalue weighted by Crippen LogP contribution is 2.19. The van der Waals surface area contributed by atoms with Crippen molar-refractivity contribution in [1.29, 1.82) is 5.26 Å². The van der Waals surface area contributed by atoms with Gasteiger partial charge in [-0.3, -0.25) is 9.89 Å². The summed E-state index contributed by atoms with van der Waals surface area (Å²) >= 11 is 0. The van der Waals surface area contributed by atoms with Crippen molar-refractivity contribution in [2.24, 2.45) is 5.92 Å². The number of nitrogens with one attached hydrogen (secondary N) is 1. The molecule has 1 N–H and O–H groups in total. The Morgan fingerprint density at radius 3 is 2.43 bits per heavy atom. The zero-order valence-electron chi connectivity index (χ0n) is 15.9.